The second kappa shape index (κ2) is 20.3. The molecule has 1 aromatic rings. The first kappa shape index (κ1) is 41.5. The molecule has 1 N–H and O–H groups in total. The molecule has 0 saturated heterocycles. The Morgan fingerprint density at radius 3 is 2.02 bits per heavy atom. The topological polar surface area (TPSA) is 74.2 Å². The van der Waals surface area contributed by atoms with Crippen molar-refractivity contribution in [1.29, 1.82) is 0 Å². The van der Waals surface area contributed by atoms with E-state index in [1.54, 1.807) is 30.0 Å². The molecule has 0 unspecified atom stereocenters. The molecule has 0 aliphatic heterocycles. The van der Waals surface area contributed by atoms with Crippen LogP contribution in [0.25, 0.3) is 0 Å². The van der Waals surface area contributed by atoms with Crippen LogP contribution in [0.1, 0.15) is 95.6 Å². The van der Waals surface area contributed by atoms with Crippen molar-refractivity contribution < 1.29 is 14.3 Å². The number of likely N-dealkylation sites (N-methyl/N-ethyl adjacent to an activating group) is 1. The van der Waals surface area contributed by atoms with Gasteiger partial charge in [0.2, 0.25) is 0 Å². The summed E-state index contributed by atoms with van der Waals surface area (Å²) in [6.45, 7) is 34.4. The smallest absolute Gasteiger partial charge is 0.410 e. The molecular weight excluding hydrogens is 536 g/mol. The van der Waals surface area contributed by atoms with Crippen LogP contribution in [0.4, 0.5) is 4.79 Å². The van der Waals surface area contributed by atoms with Crippen molar-refractivity contribution in [2.45, 2.75) is 101 Å². The van der Waals surface area contributed by atoms with Crippen LogP contribution in [0.5, 0.6) is 0 Å². The number of allylic oxidation sites excluding steroid dienone is 3. The van der Waals surface area contributed by atoms with Gasteiger partial charge in [-0.15, -0.1) is 0 Å². The summed E-state index contributed by atoms with van der Waals surface area (Å²) in [5.41, 5.74) is 2.46. The van der Waals surface area contributed by atoms with E-state index in [0.717, 1.165) is 11.1 Å². The number of nitrogens with one attached hydrogen (secondary N) is 1. The average molecular weight is 597 g/mol. The molecule has 0 radical (unpaired) electrons. The standard InChI is InChI=1S/C32H48N4O3.2C2H6/c1-13-28(29(37)33-32(10,11)27-18-16-15-17-19-27)26(6)34-35(12)25(5)21-20-23(3)24(4)22-36(14-2)30(38)39-31(7,8)9;2*1-2/h13,15-21,24H,3,5,14,22H2,1-2,4,6-12H3,(H,33,37);2*1-2H3/b21-20-,28-13+,34-26+;;/t24-;;/m1../s1. The minimum atomic E-state index is -0.544. The normalized spacial score (nSPS) is 12.6. The maximum Gasteiger partial charge on any atom is 0.410 e. The molecule has 0 aromatic heterocycles. The molecule has 242 valence electrons. The van der Waals surface area contributed by atoms with Crippen molar-refractivity contribution in [1.82, 2.24) is 15.2 Å². The predicted octanol–water partition coefficient (Wildman–Crippen LogP) is 8.86. The highest BCUT2D eigenvalue weighted by Crippen LogP contribution is 2.21. The van der Waals surface area contributed by atoms with Gasteiger partial charge in [0.15, 0.2) is 0 Å². The SMILES string of the molecule is C=C(/C=C\C(=C)N(C)/N=C(C)/C(=C\C)C(=O)NC(C)(C)c1ccccc1)[C@H](C)CN(CC)C(=O)OC(C)(C)C.CC.CC. The van der Waals surface area contributed by atoms with Crippen molar-refractivity contribution >= 4 is 17.7 Å². The van der Waals surface area contributed by atoms with Crippen LogP contribution >= 0.6 is 0 Å². The Kier molecular flexibility index (Phi) is 19.6. The maximum absolute atomic E-state index is 13.1. The van der Waals surface area contributed by atoms with Gasteiger partial charge >= 0.3 is 6.09 Å². The van der Waals surface area contributed by atoms with E-state index in [0.29, 0.717) is 30.1 Å². The van der Waals surface area contributed by atoms with Crippen molar-refractivity contribution in [2.75, 3.05) is 20.1 Å². The number of carbonyl (C=O) groups excluding carboxylic acids is 2. The highest BCUT2D eigenvalue weighted by atomic mass is 16.6. The number of carbonyl (C=O) groups is 2. The van der Waals surface area contributed by atoms with E-state index in [2.05, 4.69) is 23.6 Å². The fourth-order valence-electron chi connectivity index (χ4n) is 3.71. The first-order valence-electron chi connectivity index (χ1n) is 15.4. The van der Waals surface area contributed by atoms with Gasteiger partial charge in [-0.2, -0.15) is 5.10 Å². The summed E-state index contributed by atoms with van der Waals surface area (Å²) < 4.78 is 5.50. The highest BCUT2D eigenvalue weighted by molar-refractivity contribution is 6.20. The summed E-state index contributed by atoms with van der Waals surface area (Å²) in [5, 5.41) is 9.32. The third kappa shape index (κ3) is 15.4. The van der Waals surface area contributed by atoms with Crippen LogP contribution in [0.15, 0.2) is 83.7 Å². The Bertz CT molecular complexity index is 1110. The molecular formula is C36H60N4O3. The molecule has 0 bridgehead atoms. The van der Waals surface area contributed by atoms with Gasteiger partial charge in [0, 0.05) is 20.1 Å². The van der Waals surface area contributed by atoms with Gasteiger partial charge in [-0.05, 0) is 72.9 Å². The van der Waals surface area contributed by atoms with Crippen LogP contribution in [0, 0.1) is 5.92 Å². The Morgan fingerprint density at radius 2 is 1.56 bits per heavy atom. The second-order valence-electron chi connectivity index (χ2n) is 11.2. The van der Waals surface area contributed by atoms with E-state index in [1.807, 2.05) is 126 Å². The Hall–Kier alpha value is -3.61. The molecule has 43 heavy (non-hydrogen) atoms. The molecule has 1 rings (SSSR count). The third-order valence-corrected chi connectivity index (χ3v) is 6.21. The Balaban J connectivity index is 0. The number of benzene rings is 1. The third-order valence-electron chi connectivity index (χ3n) is 6.21. The summed E-state index contributed by atoms with van der Waals surface area (Å²) in [6.07, 6.45) is 5.13. The minimum Gasteiger partial charge on any atom is -0.444 e. The van der Waals surface area contributed by atoms with Gasteiger partial charge in [-0.25, -0.2) is 4.79 Å². The largest absolute Gasteiger partial charge is 0.444 e. The fourth-order valence-corrected chi connectivity index (χ4v) is 3.71. The molecule has 0 heterocycles. The van der Waals surface area contributed by atoms with E-state index in [9.17, 15) is 9.59 Å². The lowest BCUT2D eigenvalue weighted by Gasteiger charge is -2.28. The van der Waals surface area contributed by atoms with E-state index in [-0.39, 0.29) is 17.9 Å². The van der Waals surface area contributed by atoms with Gasteiger partial charge in [0.1, 0.15) is 5.60 Å². The number of rotatable bonds is 12. The lowest BCUT2D eigenvalue weighted by Crippen LogP contribution is -2.42. The Morgan fingerprint density at radius 1 is 1.02 bits per heavy atom. The molecule has 0 aliphatic carbocycles. The zero-order valence-electron chi connectivity index (χ0n) is 29.6. The van der Waals surface area contributed by atoms with Crippen molar-refractivity contribution in [3.8, 4) is 0 Å². The van der Waals surface area contributed by atoms with Crippen molar-refractivity contribution in [3.63, 3.8) is 0 Å². The van der Waals surface area contributed by atoms with Gasteiger partial charge in [0.25, 0.3) is 5.91 Å². The number of hydrogen-bond donors (Lipinski definition) is 1. The van der Waals surface area contributed by atoms with Crippen LogP contribution in [0.2, 0.25) is 0 Å². The number of hydrogen-bond acceptors (Lipinski definition) is 5. The zero-order valence-corrected chi connectivity index (χ0v) is 29.6. The molecule has 7 heteroatoms. The van der Waals surface area contributed by atoms with Crippen molar-refractivity contribution in [2.24, 2.45) is 11.0 Å². The van der Waals surface area contributed by atoms with Gasteiger partial charge in [-0.1, -0.05) is 95.8 Å². The van der Waals surface area contributed by atoms with Crippen LogP contribution < -0.4 is 5.32 Å². The maximum atomic E-state index is 13.1. The summed E-state index contributed by atoms with van der Waals surface area (Å²) in [6, 6.07) is 9.85. The highest BCUT2D eigenvalue weighted by Gasteiger charge is 2.25. The lowest BCUT2D eigenvalue weighted by atomic mass is 9.93. The van der Waals surface area contributed by atoms with E-state index in [1.165, 1.54) is 0 Å². The number of ether oxygens (including phenoxy) is 1. The summed E-state index contributed by atoms with van der Waals surface area (Å²) in [4.78, 5) is 27.3. The molecule has 0 aliphatic rings. The lowest BCUT2D eigenvalue weighted by molar-refractivity contribution is -0.118. The molecule has 2 amide bonds. The van der Waals surface area contributed by atoms with Crippen LogP contribution in [-0.2, 0) is 15.1 Å². The van der Waals surface area contributed by atoms with E-state index >= 15 is 0 Å². The summed E-state index contributed by atoms with van der Waals surface area (Å²) in [7, 11) is 1.78. The molecule has 0 fully saturated rings. The first-order chi connectivity index (χ1) is 20.0. The second-order valence-corrected chi connectivity index (χ2v) is 11.2. The van der Waals surface area contributed by atoms with Crippen LogP contribution in [0.3, 0.4) is 0 Å². The van der Waals surface area contributed by atoms with Crippen molar-refractivity contribution in [3.05, 3.63) is 84.1 Å². The number of amides is 2. The first-order valence-corrected chi connectivity index (χ1v) is 15.4. The predicted molar refractivity (Wildman–Crippen MR) is 185 cm³/mol. The molecule has 7 nitrogen and oxygen atoms in total. The van der Waals surface area contributed by atoms with Gasteiger partial charge < -0.3 is 15.0 Å². The van der Waals surface area contributed by atoms with Gasteiger partial charge in [0.05, 0.1) is 22.5 Å². The zero-order chi connectivity index (χ0) is 34.0. The molecule has 1 aromatic carbocycles. The fraction of sp³-hybridized carbons (Fsp3) is 0.528. The minimum absolute atomic E-state index is 0.0170. The monoisotopic (exact) mass is 596 g/mol. The number of nitrogens with zero attached hydrogens (tertiary/aromatic N) is 3. The quantitative estimate of drug-likeness (QED) is 0.113. The van der Waals surface area contributed by atoms with E-state index < -0.39 is 11.1 Å². The Labute approximate surface area is 263 Å². The molecule has 1 atom stereocenters. The summed E-state index contributed by atoms with van der Waals surface area (Å²) >= 11 is 0. The molecule has 0 spiro atoms. The summed E-state index contributed by atoms with van der Waals surface area (Å²) in [5.74, 6) is -0.182. The number of hydrazone groups is 1. The van der Waals surface area contributed by atoms with Gasteiger partial charge in [-0.3, -0.25) is 9.80 Å². The van der Waals surface area contributed by atoms with Crippen LogP contribution in [-0.4, -0.2) is 53.4 Å². The average Bonchev–Trinajstić information content (AvgIpc) is 2.95. The van der Waals surface area contributed by atoms with E-state index in [4.69, 9.17) is 4.74 Å². The molecule has 0 saturated carbocycles.